The van der Waals surface area contributed by atoms with Crippen molar-refractivity contribution in [3.63, 3.8) is 0 Å². The minimum atomic E-state index is -3.88. The molecule has 0 aromatic heterocycles. The van der Waals surface area contributed by atoms with E-state index in [-0.39, 0.29) is 10.5 Å². The summed E-state index contributed by atoms with van der Waals surface area (Å²) in [6, 6.07) is 11.5. The highest BCUT2D eigenvalue weighted by molar-refractivity contribution is 7.92. The van der Waals surface area contributed by atoms with Gasteiger partial charge in [-0.15, -0.1) is 0 Å². The molecule has 9 nitrogen and oxygen atoms in total. The first-order valence-corrected chi connectivity index (χ1v) is 10.2. The van der Waals surface area contributed by atoms with Gasteiger partial charge >= 0.3 is 12.0 Å². The third kappa shape index (κ3) is 4.21. The first-order chi connectivity index (χ1) is 13.7. The smallest absolute Gasteiger partial charge is 0.338 e. The van der Waals surface area contributed by atoms with Gasteiger partial charge in [0.15, 0.2) is 6.10 Å². The van der Waals surface area contributed by atoms with Crippen LogP contribution >= 0.6 is 0 Å². The molecule has 0 unspecified atom stereocenters. The Morgan fingerprint density at radius 3 is 2.59 bits per heavy atom. The van der Waals surface area contributed by atoms with Crippen LogP contribution < -0.4 is 15.4 Å². The summed E-state index contributed by atoms with van der Waals surface area (Å²) in [6.45, 7) is 1.57. The summed E-state index contributed by atoms with van der Waals surface area (Å²) < 4.78 is 32.4. The van der Waals surface area contributed by atoms with Crippen LogP contribution in [0.2, 0.25) is 0 Å². The van der Waals surface area contributed by atoms with E-state index < -0.39 is 34.0 Å². The van der Waals surface area contributed by atoms with Gasteiger partial charge in [-0.25, -0.2) is 18.0 Å². The number of imide groups is 1. The molecule has 0 saturated heterocycles. The van der Waals surface area contributed by atoms with Gasteiger partial charge in [0.25, 0.3) is 15.9 Å². The largest absolute Gasteiger partial charge is 0.449 e. The lowest BCUT2D eigenvalue weighted by molar-refractivity contribution is -0.127. The quantitative estimate of drug-likeness (QED) is 0.701. The highest BCUT2D eigenvalue weighted by atomic mass is 32.2. The summed E-state index contributed by atoms with van der Waals surface area (Å²) in [7, 11) is -3.88. The van der Waals surface area contributed by atoms with Crippen LogP contribution in [0.15, 0.2) is 53.4 Å². The van der Waals surface area contributed by atoms with E-state index in [4.69, 9.17) is 10.5 Å². The standard InChI is InChI=1S/C19H19N3O6S/c1-12(17(23)21-19(20)25)28-18(24)14-6-4-7-15(11-14)29(26,27)22-10-9-13-5-2-3-8-16(13)22/h2-8,11-12H,9-10H2,1H3,(H3,20,21,23,25)/t12-/m0/s1. The van der Waals surface area contributed by atoms with Crippen LogP contribution in [0.3, 0.4) is 0 Å². The van der Waals surface area contributed by atoms with E-state index in [1.165, 1.54) is 35.5 Å². The Morgan fingerprint density at radius 1 is 1.14 bits per heavy atom. The monoisotopic (exact) mass is 417 g/mol. The number of carbonyl (C=O) groups is 3. The molecule has 29 heavy (non-hydrogen) atoms. The van der Waals surface area contributed by atoms with Gasteiger partial charge in [-0.05, 0) is 43.2 Å². The average molecular weight is 417 g/mol. The maximum absolute atomic E-state index is 13.1. The number of anilines is 1. The number of amides is 3. The molecule has 1 aliphatic heterocycles. The van der Waals surface area contributed by atoms with Crippen molar-refractivity contribution in [3.05, 3.63) is 59.7 Å². The molecule has 0 spiro atoms. The molecule has 0 radical (unpaired) electrons. The lowest BCUT2D eigenvalue weighted by Gasteiger charge is -2.20. The highest BCUT2D eigenvalue weighted by Gasteiger charge is 2.31. The highest BCUT2D eigenvalue weighted by Crippen LogP contribution is 2.32. The minimum absolute atomic E-state index is 0.0442. The van der Waals surface area contributed by atoms with Crippen LogP contribution in [0.4, 0.5) is 10.5 Å². The molecular formula is C19H19N3O6S. The van der Waals surface area contributed by atoms with E-state index in [2.05, 4.69) is 0 Å². The fourth-order valence-corrected chi connectivity index (χ4v) is 4.52. The third-order valence-corrected chi connectivity index (χ3v) is 6.21. The van der Waals surface area contributed by atoms with E-state index in [1.54, 1.807) is 17.4 Å². The average Bonchev–Trinajstić information content (AvgIpc) is 3.12. The number of benzene rings is 2. The zero-order valence-corrected chi connectivity index (χ0v) is 16.3. The molecule has 10 heteroatoms. The molecule has 1 atom stereocenters. The van der Waals surface area contributed by atoms with Gasteiger partial charge in [-0.1, -0.05) is 24.3 Å². The zero-order valence-electron chi connectivity index (χ0n) is 15.5. The van der Waals surface area contributed by atoms with Crippen molar-refractivity contribution >= 4 is 33.6 Å². The van der Waals surface area contributed by atoms with Gasteiger partial charge in [-0.3, -0.25) is 14.4 Å². The van der Waals surface area contributed by atoms with Gasteiger partial charge in [0.1, 0.15) is 0 Å². The molecule has 0 bridgehead atoms. The molecule has 2 aromatic rings. The second-order valence-corrected chi connectivity index (χ2v) is 8.25. The van der Waals surface area contributed by atoms with Crippen molar-refractivity contribution in [3.8, 4) is 0 Å². The Hall–Kier alpha value is -3.40. The van der Waals surface area contributed by atoms with E-state index in [1.807, 2.05) is 12.1 Å². The molecule has 1 aliphatic rings. The summed E-state index contributed by atoms with van der Waals surface area (Å²) >= 11 is 0. The fraction of sp³-hybridized carbons (Fsp3) is 0.211. The van der Waals surface area contributed by atoms with Gasteiger partial charge in [0, 0.05) is 6.54 Å². The Morgan fingerprint density at radius 2 is 1.86 bits per heavy atom. The first-order valence-electron chi connectivity index (χ1n) is 8.72. The number of nitrogens with zero attached hydrogens (tertiary/aromatic N) is 1. The number of hydrogen-bond acceptors (Lipinski definition) is 6. The molecule has 0 aliphatic carbocycles. The number of nitrogens with one attached hydrogen (secondary N) is 1. The third-order valence-electron chi connectivity index (χ3n) is 4.40. The maximum Gasteiger partial charge on any atom is 0.338 e. The molecule has 1 heterocycles. The number of esters is 1. The van der Waals surface area contributed by atoms with E-state index in [9.17, 15) is 22.8 Å². The number of primary amides is 1. The van der Waals surface area contributed by atoms with E-state index in [0.29, 0.717) is 18.7 Å². The van der Waals surface area contributed by atoms with Crippen LogP contribution in [-0.4, -0.2) is 39.0 Å². The van der Waals surface area contributed by atoms with Crippen LogP contribution in [0.5, 0.6) is 0 Å². The Balaban J connectivity index is 1.81. The van der Waals surface area contributed by atoms with Crippen molar-refractivity contribution in [1.82, 2.24) is 5.32 Å². The number of nitrogens with two attached hydrogens (primary N) is 1. The number of rotatable bonds is 5. The summed E-state index contributed by atoms with van der Waals surface area (Å²) in [5.74, 6) is -1.79. The van der Waals surface area contributed by atoms with E-state index >= 15 is 0 Å². The van der Waals surface area contributed by atoms with Crippen molar-refractivity contribution in [2.24, 2.45) is 5.73 Å². The van der Waals surface area contributed by atoms with Crippen molar-refractivity contribution in [2.45, 2.75) is 24.3 Å². The van der Waals surface area contributed by atoms with Gasteiger partial charge < -0.3 is 10.5 Å². The molecule has 0 fully saturated rings. The summed E-state index contributed by atoms with van der Waals surface area (Å²) in [4.78, 5) is 34.6. The SMILES string of the molecule is C[C@H](OC(=O)c1cccc(S(=O)(=O)N2CCc3ccccc32)c1)C(=O)NC(N)=O. The molecule has 152 valence electrons. The Kier molecular flexibility index (Phi) is 5.55. The number of hydrogen-bond donors (Lipinski definition) is 2. The van der Waals surface area contributed by atoms with Gasteiger partial charge in [0.05, 0.1) is 16.1 Å². The molecular weight excluding hydrogens is 398 g/mol. The van der Waals surface area contributed by atoms with Crippen LogP contribution in [0.25, 0.3) is 0 Å². The first kappa shape index (κ1) is 20.3. The second kappa shape index (κ2) is 7.92. The minimum Gasteiger partial charge on any atom is -0.449 e. The molecule has 3 N–H and O–H groups in total. The predicted octanol–water partition coefficient (Wildman–Crippen LogP) is 1.18. The molecule has 3 amide bonds. The molecule has 3 rings (SSSR count). The number of sulfonamides is 1. The lowest BCUT2D eigenvalue weighted by Crippen LogP contribution is -2.42. The van der Waals surface area contributed by atoms with Crippen LogP contribution in [0, 0.1) is 0 Å². The second-order valence-electron chi connectivity index (χ2n) is 6.38. The van der Waals surface area contributed by atoms with Gasteiger partial charge in [-0.2, -0.15) is 0 Å². The molecule has 0 saturated carbocycles. The van der Waals surface area contributed by atoms with Crippen molar-refractivity contribution in [2.75, 3.05) is 10.8 Å². The predicted molar refractivity (Wildman–Crippen MR) is 104 cm³/mol. The Labute approximate surface area is 167 Å². The number of urea groups is 1. The number of fused-ring (bicyclic) bond motifs is 1. The molecule has 2 aromatic carbocycles. The summed E-state index contributed by atoms with van der Waals surface area (Å²) in [6.07, 6.45) is -0.690. The van der Waals surface area contributed by atoms with Gasteiger partial charge in [0.2, 0.25) is 0 Å². The topological polar surface area (TPSA) is 136 Å². The number of para-hydroxylation sites is 1. The van der Waals surface area contributed by atoms with Crippen LogP contribution in [-0.2, 0) is 26.0 Å². The Bertz CT molecular complexity index is 1080. The van der Waals surface area contributed by atoms with Crippen molar-refractivity contribution < 1.29 is 27.5 Å². The summed E-state index contributed by atoms with van der Waals surface area (Å²) in [5.41, 5.74) is 6.35. The summed E-state index contributed by atoms with van der Waals surface area (Å²) in [5, 5.41) is 1.80. The fourth-order valence-electron chi connectivity index (χ4n) is 2.97. The maximum atomic E-state index is 13.1. The number of ether oxygens (including phenoxy) is 1. The normalized spacial score (nSPS) is 14.0. The van der Waals surface area contributed by atoms with Crippen LogP contribution in [0.1, 0.15) is 22.8 Å². The zero-order chi connectivity index (χ0) is 21.2. The lowest BCUT2D eigenvalue weighted by atomic mass is 10.2. The van der Waals surface area contributed by atoms with Crippen molar-refractivity contribution in [1.29, 1.82) is 0 Å². The number of carbonyl (C=O) groups excluding carboxylic acids is 3. The van der Waals surface area contributed by atoms with E-state index in [0.717, 1.165) is 5.56 Å².